The smallest absolute Gasteiger partial charge is 0.266 e. The van der Waals surface area contributed by atoms with Crippen molar-refractivity contribution in [1.29, 1.82) is 0 Å². The van der Waals surface area contributed by atoms with E-state index in [1.54, 1.807) is 7.11 Å². The summed E-state index contributed by atoms with van der Waals surface area (Å²) in [6.45, 7) is 2.05. The molecule has 0 bridgehead atoms. The molecule has 5 heteroatoms. The number of carbonyl (C=O) groups excluding carboxylic acids is 1. The third-order valence-corrected chi connectivity index (χ3v) is 6.09. The second-order valence-electron chi connectivity index (χ2n) is 7.13. The summed E-state index contributed by atoms with van der Waals surface area (Å²) in [5.41, 5.74) is 5.21. The molecule has 4 nitrogen and oxygen atoms in total. The molecule has 0 aliphatic heterocycles. The molecular formula is C25H19NO3S. The number of carbonyl (C=O) groups is 1. The number of hydrogen-bond acceptors (Lipinski definition) is 4. The molecule has 0 saturated heterocycles. The average Bonchev–Trinajstić information content (AvgIpc) is 3.38. The molecule has 0 atom stereocenters. The summed E-state index contributed by atoms with van der Waals surface area (Å²) in [5.74, 6) is 0.421. The van der Waals surface area contributed by atoms with E-state index in [-0.39, 0.29) is 5.91 Å². The van der Waals surface area contributed by atoms with Crippen LogP contribution in [0.1, 0.15) is 15.2 Å². The molecule has 1 N–H and O–H groups in total. The average molecular weight is 413 g/mol. The van der Waals surface area contributed by atoms with Crippen molar-refractivity contribution >= 4 is 44.9 Å². The molecule has 0 aliphatic rings. The molecule has 5 aromatic rings. The van der Waals surface area contributed by atoms with Crippen LogP contribution in [0.15, 0.2) is 76.5 Å². The van der Waals surface area contributed by atoms with Gasteiger partial charge in [-0.2, -0.15) is 0 Å². The number of para-hydroxylation sites is 1. The molecule has 1 amide bonds. The number of aryl methyl sites for hydroxylation is 1. The predicted octanol–water partition coefficient (Wildman–Crippen LogP) is 6.88. The molecule has 5 rings (SSSR count). The normalized spacial score (nSPS) is 11.1. The molecule has 0 spiro atoms. The van der Waals surface area contributed by atoms with Gasteiger partial charge in [0.1, 0.15) is 16.9 Å². The van der Waals surface area contributed by atoms with E-state index < -0.39 is 0 Å². The first kappa shape index (κ1) is 18.5. The molecule has 148 valence electrons. The van der Waals surface area contributed by atoms with Crippen LogP contribution in [0.25, 0.3) is 33.1 Å². The van der Waals surface area contributed by atoms with Crippen molar-refractivity contribution in [3.05, 3.63) is 82.6 Å². The highest BCUT2D eigenvalue weighted by Crippen LogP contribution is 2.37. The van der Waals surface area contributed by atoms with Gasteiger partial charge >= 0.3 is 0 Å². The van der Waals surface area contributed by atoms with Gasteiger partial charge < -0.3 is 14.5 Å². The fourth-order valence-corrected chi connectivity index (χ4v) is 4.45. The van der Waals surface area contributed by atoms with E-state index in [4.69, 9.17) is 9.15 Å². The number of furan rings is 1. The minimum absolute atomic E-state index is 0.172. The van der Waals surface area contributed by atoms with Gasteiger partial charge in [0.25, 0.3) is 5.91 Å². The third kappa shape index (κ3) is 3.13. The maximum atomic E-state index is 13.1. The van der Waals surface area contributed by atoms with Crippen molar-refractivity contribution in [2.45, 2.75) is 6.92 Å². The molecule has 30 heavy (non-hydrogen) atoms. The van der Waals surface area contributed by atoms with Crippen LogP contribution in [0.2, 0.25) is 0 Å². The molecule has 0 aliphatic carbocycles. The molecule has 2 aromatic heterocycles. The van der Waals surface area contributed by atoms with Gasteiger partial charge in [-0.25, -0.2) is 0 Å². The Morgan fingerprint density at radius 1 is 0.967 bits per heavy atom. The molecule has 0 saturated carbocycles. The van der Waals surface area contributed by atoms with Crippen LogP contribution in [0.4, 0.5) is 5.69 Å². The van der Waals surface area contributed by atoms with Gasteiger partial charge in [0.05, 0.1) is 17.7 Å². The Morgan fingerprint density at radius 3 is 2.57 bits per heavy atom. The van der Waals surface area contributed by atoms with E-state index in [0.29, 0.717) is 21.9 Å². The van der Waals surface area contributed by atoms with E-state index in [0.717, 1.165) is 27.5 Å². The number of ether oxygens (including phenoxy) is 1. The quantitative estimate of drug-likeness (QED) is 0.349. The van der Waals surface area contributed by atoms with Crippen molar-refractivity contribution in [2.75, 3.05) is 12.4 Å². The highest BCUT2D eigenvalue weighted by molar-refractivity contribution is 7.12. The number of rotatable bonds is 4. The minimum atomic E-state index is -0.172. The van der Waals surface area contributed by atoms with Crippen LogP contribution in [-0.4, -0.2) is 13.0 Å². The van der Waals surface area contributed by atoms with Crippen LogP contribution < -0.4 is 10.1 Å². The minimum Gasteiger partial charge on any atom is -0.495 e. The zero-order chi connectivity index (χ0) is 20.7. The van der Waals surface area contributed by atoms with Crippen molar-refractivity contribution in [3.8, 4) is 16.9 Å². The first-order chi connectivity index (χ1) is 14.6. The van der Waals surface area contributed by atoms with Crippen molar-refractivity contribution in [1.82, 2.24) is 0 Å². The number of nitrogens with one attached hydrogen (secondary N) is 1. The zero-order valence-corrected chi connectivity index (χ0v) is 17.4. The summed E-state index contributed by atoms with van der Waals surface area (Å²) in [4.78, 5) is 13.8. The van der Waals surface area contributed by atoms with Crippen molar-refractivity contribution in [3.63, 3.8) is 0 Å². The summed E-state index contributed by atoms with van der Waals surface area (Å²) in [7, 11) is 1.60. The van der Waals surface area contributed by atoms with Crippen LogP contribution >= 0.6 is 11.3 Å². The van der Waals surface area contributed by atoms with Crippen molar-refractivity contribution in [2.24, 2.45) is 0 Å². The Kier molecular flexibility index (Phi) is 4.52. The van der Waals surface area contributed by atoms with E-state index in [9.17, 15) is 4.79 Å². The molecule has 0 fully saturated rings. The Bertz CT molecular complexity index is 1380. The van der Waals surface area contributed by atoms with Gasteiger partial charge in [0.15, 0.2) is 0 Å². The van der Waals surface area contributed by atoms with Crippen LogP contribution in [0, 0.1) is 6.92 Å². The second-order valence-corrected chi connectivity index (χ2v) is 8.05. The van der Waals surface area contributed by atoms with Crippen LogP contribution in [-0.2, 0) is 0 Å². The lowest BCUT2D eigenvalue weighted by Gasteiger charge is -2.11. The number of amides is 1. The van der Waals surface area contributed by atoms with Gasteiger partial charge in [-0.15, -0.1) is 11.3 Å². The number of benzene rings is 3. The number of methoxy groups -OCH3 is 1. The maximum absolute atomic E-state index is 13.1. The Morgan fingerprint density at radius 2 is 1.77 bits per heavy atom. The number of hydrogen-bond donors (Lipinski definition) is 1. The molecule has 2 heterocycles. The predicted molar refractivity (Wildman–Crippen MR) is 123 cm³/mol. The number of anilines is 1. The lowest BCUT2D eigenvalue weighted by molar-refractivity contribution is 0.103. The Labute approximate surface area is 177 Å². The summed E-state index contributed by atoms with van der Waals surface area (Å²) in [6.07, 6.45) is 0. The van der Waals surface area contributed by atoms with Crippen LogP contribution in [0.3, 0.4) is 0 Å². The summed E-state index contributed by atoms with van der Waals surface area (Å²) in [5, 5.41) is 6.92. The van der Waals surface area contributed by atoms with E-state index >= 15 is 0 Å². The third-order valence-electron chi connectivity index (χ3n) is 5.18. The van der Waals surface area contributed by atoms with Gasteiger partial charge in [0, 0.05) is 22.4 Å². The van der Waals surface area contributed by atoms with Gasteiger partial charge in [-0.1, -0.05) is 48.0 Å². The molecule has 0 radical (unpaired) electrons. The first-order valence-corrected chi connectivity index (χ1v) is 10.5. The summed E-state index contributed by atoms with van der Waals surface area (Å²) in [6, 6.07) is 21.7. The Hall–Kier alpha value is -3.57. The summed E-state index contributed by atoms with van der Waals surface area (Å²) < 4.78 is 11.5. The van der Waals surface area contributed by atoms with Gasteiger partial charge in [0.2, 0.25) is 0 Å². The standard InChI is InChI=1S/C25H19NO3S/c1-15-7-9-16(10-8-15)17-11-12-30-24(17)25(27)26-20-14-22-19(13-23(20)28-2)18-5-3-4-6-21(18)29-22/h3-14H,1-2H3,(H,26,27). The fraction of sp³-hybridized carbons (Fsp3) is 0.0800. The SMILES string of the molecule is COc1cc2c(cc1NC(=O)c1sccc1-c1ccc(C)cc1)oc1ccccc12. The van der Waals surface area contributed by atoms with E-state index in [1.165, 1.54) is 16.9 Å². The Balaban J connectivity index is 1.53. The molecular weight excluding hydrogens is 394 g/mol. The monoisotopic (exact) mass is 413 g/mol. The van der Waals surface area contributed by atoms with Gasteiger partial charge in [-0.05, 0) is 36.1 Å². The van der Waals surface area contributed by atoms with Gasteiger partial charge in [-0.3, -0.25) is 4.79 Å². The maximum Gasteiger partial charge on any atom is 0.266 e. The second kappa shape index (κ2) is 7.35. The number of thiophene rings is 1. The largest absolute Gasteiger partial charge is 0.495 e. The highest BCUT2D eigenvalue weighted by Gasteiger charge is 2.18. The van der Waals surface area contributed by atoms with Crippen molar-refractivity contribution < 1.29 is 13.9 Å². The summed E-state index contributed by atoms with van der Waals surface area (Å²) >= 11 is 1.42. The topological polar surface area (TPSA) is 51.5 Å². The number of fused-ring (bicyclic) bond motifs is 3. The van der Waals surface area contributed by atoms with Crippen LogP contribution in [0.5, 0.6) is 5.75 Å². The highest BCUT2D eigenvalue weighted by atomic mass is 32.1. The lowest BCUT2D eigenvalue weighted by atomic mass is 10.0. The zero-order valence-electron chi connectivity index (χ0n) is 16.6. The lowest BCUT2D eigenvalue weighted by Crippen LogP contribution is -2.12. The van der Waals surface area contributed by atoms with E-state index in [2.05, 4.69) is 5.32 Å². The first-order valence-electron chi connectivity index (χ1n) is 9.59. The molecule has 3 aromatic carbocycles. The fourth-order valence-electron chi connectivity index (χ4n) is 3.64. The molecule has 0 unspecified atom stereocenters. The van der Waals surface area contributed by atoms with E-state index in [1.807, 2.05) is 79.0 Å².